The van der Waals surface area contributed by atoms with E-state index in [1.54, 1.807) is 12.0 Å². The zero-order valence-electron chi connectivity index (χ0n) is 16.5. The first-order chi connectivity index (χ1) is 14.2. The second-order valence-corrected chi connectivity index (χ2v) is 8.22. The van der Waals surface area contributed by atoms with Crippen LogP contribution in [0.25, 0.3) is 0 Å². The number of benzene rings is 1. The number of hydrogen-bond acceptors (Lipinski definition) is 7. The van der Waals surface area contributed by atoms with Crippen LogP contribution < -0.4 is 19.9 Å². The highest BCUT2D eigenvalue weighted by Crippen LogP contribution is 2.33. The van der Waals surface area contributed by atoms with Gasteiger partial charge in [-0.05, 0) is 43.4 Å². The van der Waals surface area contributed by atoms with Crippen LogP contribution in [0.2, 0.25) is 0 Å². The molecule has 0 unspecified atom stereocenters. The summed E-state index contributed by atoms with van der Waals surface area (Å²) in [4.78, 5) is 28.7. The Labute approximate surface area is 173 Å². The molecule has 2 aliphatic rings. The van der Waals surface area contributed by atoms with Crippen LogP contribution >= 0.6 is 11.3 Å². The van der Waals surface area contributed by atoms with E-state index in [1.165, 1.54) is 11.3 Å². The highest BCUT2D eigenvalue weighted by Gasteiger charge is 2.34. The van der Waals surface area contributed by atoms with Gasteiger partial charge in [0.2, 0.25) is 22.1 Å². The van der Waals surface area contributed by atoms with Crippen molar-refractivity contribution >= 4 is 33.4 Å². The first-order valence-electron chi connectivity index (χ1n) is 9.97. The molecule has 0 radical (unpaired) electrons. The van der Waals surface area contributed by atoms with E-state index in [-0.39, 0.29) is 17.9 Å². The molecule has 1 aromatic heterocycles. The van der Waals surface area contributed by atoms with Gasteiger partial charge in [0.15, 0.2) is 0 Å². The number of methoxy groups -OCH3 is 1. The normalized spacial score (nSPS) is 19.5. The molecule has 2 amide bonds. The molecule has 2 aromatic rings. The maximum atomic E-state index is 12.8. The minimum absolute atomic E-state index is 0.0175. The molecule has 8 nitrogen and oxygen atoms in total. The van der Waals surface area contributed by atoms with E-state index in [0.29, 0.717) is 29.8 Å². The van der Waals surface area contributed by atoms with Crippen LogP contribution in [0.4, 0.5) is 10.3 Å². The van der Waals surface area contributed by atoms with E-state index >= 15 is 0 Å². The molecule has 154 valence electrons. The van der Waals surface area contributed by atoms with Crippen molar-refractivity contribution in [2.24, 2.45) is 0 Å². The third-order valence-electron chi connectivity index (χ3n) is 5.36. The van der Waals surface area contributed by atoms with Gasteiger partial charge in [-0.15, -0.1) is 10.2 Å². The molecule has 2 saturated heterocycles. The monoisotopic (exact) mass is 415 g/mol. The molecule has 1 atom stereocenters. The second-order valence-electron chi connectivity index (χ2n) is 7.29. The van der Waals surface area contributed by atoms with Gasteiger partial charge in [-0.1, -0.05) is 23.5 Å². The summed E-state index contributed by atoms with van der Waals surface area (Å²) in [6, 6.07) is 7.40. The summed E-state index contributed by atoms with van der Waals surface area (Å²) in [6.45, 7) is 1.90. The zero-order valence-corrected chi connectivity index (χ0v) is 17.3. The highest BCUT2D eigenvalue weighted by atomic mass is 32.1. The number of carbonyl (C=O) groups is 2. The SMILES string of the molecule is COc1cccc(CNC(=O)[C@H]2CCCN2c2nnc(N3CCCCC3=O)s2)c1. The fourth-order valence-corrected chi connectivity index (χ4v) is 4.76. The lowest BCUT2D eigenvalue weighted by Crippen LogP contribution is -2.43. The summed E-state index contributed by atoms with van der Waals surface area (Å²) in [5.74, 6) is 0.858. The molecule has 0 aliphatic carbocycles. The summed E-state index contributed by atoms with van der Waals surface area (Å²) in [5, 5.41) is 12.9. The zero-order chi connectivity index (χ0) is 20.2. The van der Waals surface area contributed by atoms with Crippen molar-refractivity contribution in [1.29, 1.82) is 0 Å². The minimum atomic E-state index is -0.265. The van der Waals surface area contributed by atoms with Crippen LogP contribution in [0.1, 0.15) is 37.7 Å². The van der Waals surface area contributed by atoms with Crippen molar-refractivity contribution in [1.82, 2.24) is 15.5 Å². The molecule has 3 heterocycles. The molecular formula is C20H25N5O3S. The summed E-state index contributed by atoms with van der Waals surface area (Å²) in [7, 11) is 1.63. The van der Waals surface area contributed by atoms with Gasteiger partial charge in [0, 0.05) is 26.1 Å². The predicted molar refractivity (Wildman–Crippen MR) is 111 cm³/mol. The molecule has 0 saturated carbocycles. The fourth-order valence-electron chi connectivity index (χ4n) is 3.80. The maximum absolute atomic E-state index is 12.8. The van der Waals surface area contributed by atoms with Crippen LogP contribution in [0.5, 0.6) is 5.75 Å². The van der Waals surface area contributed by atoms with Crippen LogP contribution in [0.15, 0.2) is 24.3 Å². The van der Waals surface area contributed by atoms with E-state index in [1.807, 2.05) is 29.2 Å². The molecule has 2 aliphatic heterocycles. The number of piperidine rings is 1. The standard InChI is InChI=1S/C20H25N5O3S/c1-28-15-7-4-6-14(12-15)13-21-18(27)16-8-5-11-24(16)19-22-23-20(29-19)25-10-3-2-9-17(25)26/h4,6-7,12,16H,2-3,5,8-11,13H2,1H3,(H,21,27)/t16-/m1/s1. The van der Waals surface area contributed by atoms with E-state index in [0.717, 1.165) is 43.5 Å². The molecule has 9 heteroatoms. The molecule has 2 fully saturated rings. The molecule has 4 rings (SSSR count). The smallest absolute Gasteiger partial charge is 0.243 e. The van der Waals surface area contributed by atoms with Gasteiger partial charge < -0.3 is 15.0 Å². The van der Waals surface area contributed by atoms with Crippen molar-refractivity contribution in [2.45, 2.75) is 44.7 Å². The van der Waals surface area contributed by atoms with E-state index in [4.69, 9.17) is 4.74 Å². The number of nitrogens with zero attached hydrogens (tertiary/aromatic N) is 4. The Bertz CT molecular complexity index is 887. The highest BCUT2D eigenvalue weighted by molar-refractivity contribution is 7.19. The summed E-state index contributed by atoms with van der Waals surface area (Å²) in [5.41, 5.74) is 0.990. The summed E-state index contributed by atoms with van der Waals surface area (Å²) in [6.07, 6.45) is 4.19. The van der Waals surface area contributed by atoms with Crippen LogP contribution in [0, 0.1) is 0 Å². The average molecular weight is 416 g/mol. The van der Waals surface area contributed by atoms with Gasteiger partial charge in [-0.3, -0.25) is 14.5 Å². The average Bonchev–Trinajstić information content (AvgIpc) is 3.42. The first kappa shape index (κ1) is 19.6. The van der Waals surface area contributed by atoms with Crippen molar-refractivity contribution in [3.05, 3.63) is 29.8 Å². The lowest BCUT2D eigenvalue weighted by atomic mass is 10.1. The van der Waals surface area contributed by atoms with E-state index in [9.17, 15) is 9.59 Å². The molecule has 1 aromatic carbocycles. The van der Waals surface area contributed by atoms with Crippen LogP contribution in [0.3, 0.4) is 0 Å². The number of hydrogen-bond donors (Lipinski definition) is 1. The second kappa shape index (κ2) is 8.77. The predicted octanol–water partition coefficient (Wildman–Crippen LogP) is 2.35. The Morgan fingerprint density at radius 1 is 1.24 bits per heavy atom. The Kier molecular flexibility index (Phi) is 5.94. The third kappa shape index (κ3) is 4.34. The van der Waals surface area contributed by atoms with Gasteiger partial charge in [-0.25, -0.2) is 0 Å². The lowest BCUT2D eigenvalue weighted by molar-refractivity contribution is -0.122. The maximum Gasteiger partial charge on any atom is 0.243 e. The first-order valence-corrected chi connectivity index (χ1v) is 10.8. The van der Waals surface area contributed by atoms with Gasteiger partial charge in [0.25, 0.3) is 0 Å². The summed E-state index contributed by atoms with van der Waals surface area (Å²) < 4.78 is 5.23. The van der Waals surface area contributed by atoms with E-state index in [2.05, 4.69) is 15.5 Å². The van der Waals surface area contributed by atoms with Crippen LogP contribution in [-0.4, -0.2) is 48.3 Å². The molecule has 29 heavy (non-hydrogen) atoms. The van der Waals surface area contributed by atoms with E-state index < -0.39 is 0 Å². The number of ether oxygens (including phenoxy) is 1. The largest absolute Gasteiger partial charge is 0.497 e. The Balaban J connectivity index is 1.41. The molecule has 0 spiro atoms. The van der Waals surface area contributed by atoms with Gasteiger partial charge >= 0.3 is 0 Å². The quantitative estimate of drug-likeness (QED) is 0.779. The Morgan fingerprint density at radius 2 is 2.10 bits per heavy atom. The van der Waals surface area contributed by atoms with Gasteiger partial charge in [-0.2, -0.15) is 0 Å². The lowest BCUT2D eigenvalue weighted by Gasteiger charge is -2.24. The van der Waals surface area contributed by atoms with Gasteiger partial charge in [0.05, 0.1) is 7.11 Å². The number of amides is 2. The Morgan fingerprint density at radius 3 is 2.93 bits per heavy atom. The molecular weight excluding hydrogens is 390 g/mol. The van der Waals surface area contributed by atoms with Crippen molar-refractivity contribution < 1.29 is 14.3 Å². The molecule has 1 N–H and O–H groups in total. The van der Waals surface area contributed by atoms with Crippen molar-refractivity contribution in [2.75, 3.05) is 30.0 Å². The van der Waals surface area contributed by atoms with Crippen molar-refractivity contribution in [3.8, 4) is 5.75 Å². The van der Waals surface area contributed by atoms with Crippen LogP contribution in [-0.2, 0) is 16.1 Å². The number of carbonyl (C=O) groups excluding carboxylic acids is 2. The number of anilines is 2. The summed E-state index contributed by atoms with van der Waals surface area (Å²) >= 11 is 1.39. The topological polar surface area (TPSA) is 87.7 Å². The number of rotatable bonds is 6. The minimum Gasteiger partial charge on any atom is -0.497 e. The Hall–Kier alpha value is -2.68. The van der Waals surface area contributed by atoms with Crippen molar-refractivity contribution in [3.63, 3.8) is 0 Å². The number of nitrogens with one attached hydrogen (secondary N) is 1. The third-order valence-corrected chi connectivity index (χ3v) is 6.34. The molecule has 0 bridgehead atoms. The van der Waals surface area contributed by atoms with Gasteiger partial charge in [0.1, 0.15) is 11.8 Å². The fraction of sp³-hybridized carbons (Fsp3) is 0.500. The number of aromatic nitrogens is 2.